The quantitative estimate of drug-likeness (QED) is 0.520. The van der Waals surface area contributed by atoms with E-state index in [1.807, 2.05) is 0 Å². The zero-order valence-electron chi connectivity index (χ0n) is 11.0. The smallest absolute Gasteiger partial charge is 0.315 e. The molecule has 0 heterocycles. The molecule has 3 amide bonds. The fourth-order valence-corrected chi connectivity index (χ4v) is 1.79. The Labute approximate surface area is 111 Å². The standard InChI is InChI=1S/C12H19N3O4/c1-3-13-10(16)7(2)14-12(19)15-9-5-4-8(6-9)11(17)18/h4-5,7-9H,3,6H2,1-2H3,(H,13,16)(H,17,18)(H2,14,15,19). The van der Waals surface area contributed by atoms with Crippen molar-refractivity contribution in [2.45, 2.75) is 32.4 Å². The van der Waals surface area contributed by atoms with E-state index in [9.17, 15) is 14.4 Å². The molecule has 1 rings (SSSR count). The van der Waals surface area contributed by atoms with Gasteiger partial charge in [-0.3, -0.25) is 9.59 Å². The molecule has 4 N–H and O–H groups in total. The molecular weight excluding hydrogens is 250 g/mol. The molecule has 19 heavy (non-hydrogen) atoms. The highest BCUT2D eigenvalue weighted by atomic mass is 16.4. The van der Waals surface area contributed by atoms with E-state index in [0.717, 1.165) is 0 Å². The number of carbonyl (C=O) groups is 3. The Morgan fingerprint density at radius 3 is 2.58 bits per heavy atom. The Kier molecular flexibility index (Phi) is 5.35. The molecule has 0 spiro atoms. The Bertz CT molecular complexity index is 394. The van der Waals surface area contributed by atoms with Gasteiger partial charge in [0.15, 0.2) is 0 Å². The maximum Gasteiger partial charge on any atom is 0.315 e. The van der Waals surface area contributed by atoms with E-state index in [4.69, 9.17) is 5.11 Å². The van der Waals surface area contributed by atoms with Gasteiger partial charge < -0.3 is 21.1 Å². The van der Waals surface area contributed by atoms with Gasteiger partial charge in [0.1, 0.15) is 6.04 Å². The molecule has 7 heteroatoms. The molecular formula is C12H19N3O4. The molecule has 3 atom stereocenters. The molecule has 0 fully saturated rings. The van der Waals surface area contributed by atoms with Crippen molar-refractivity contribution in [3.05, 3.63) is 12.2 Å². The molecule has 106 valence electrons. The number of urea groups is 1. The molecule has 0 saturated carbocycles. The first-order valence-corrected chi connectivity index (χ1v) is 6.20. The minimum absolute atomic E-state index is 0.261. The number of nitrogens with one attached hydrogen (secondary N) is 3. The van der Waals surface area contributed by atoms with Crippen molar-refractivity contribution in [1.82, 2.24) is 16.0 Å². The van der Waals surface area contributed by atoms with Crippen molar-refractivity contribution in [1.29, 1.82) is 0 Å². The first-order chi connectivity index (χ1) is 8.93. The van der Waals surface area contributed by atoms with Crippen LogP contribution in [0.2, 0.25) is 0 Å². The lowest BCUT2D eigenvalue weighted by Crippen LogP contribution is -2.50. The third-order valence-electron chi connectivity index (χ3n) is 2.81. The summed E-state index contributed by atoms with van der Waals surface area (Å²) in [7, 11) is 0. The van der Waals surface area contributed by atoms with E-state index in [-0.39, 0.29) is 11.9 Å². The fraction of sp³-hybridized carbons (Fsp3) is 0.583. The van der Waals surface area contributed by atoms with E-state index in [0.29, 0.717) is 13.0 Å². The number of carboxylic acid groups (broad SMARTS) is 1. The largest absolute Gasteiger partial charge is 0.481 e. The number of carbonyl (C=O) groups excluding carboxylic acids is 2. The van der Waals surface area contributed by atoms with Crippen LogP contribution in [0.1, 0.15) is 20.3 Å². The lowest BCUT2D eigenvalue weighted by atomic mass is 10.1. The second-order valence-electron chi connectivity index (χ2n) is 4.41. The SMILES string of the molecule is CCNC(=O)C(C)NC(=O)NC1C=CC(C(=O)O)C1. The van der Waals surface area contributed by atoms with Crippen molar-refractivity contribution in [3.8, 4) is 0 Å². The van der Waals surface area contributed by atoms with Gasteiger partial charge in [-0.1, -0.05) is 12.2 Å². The number of likely N-dealkylation sites (N-methyl/N-ethyl adjacent to an activating group) is 1. The number of hydrogen-bond donors (Lipinski definition) is 4. The van der Waals surface area contributed by atoms with Crippen molar-refractivity contribution >= 4 is 17.9 Å². The van der Waals surface area contributed by atoms with E-state index in [1.165, 1.54) is 0 Å². The van der Waals surface area contributed by atoms with Crippen molar-refractivity contribution < 1.29 is 19.5 Å². The zero-order chi connectivity index (χ0) is 14.4. The van der Waals surface area contributed by atoms with Crippen LogP contribution in [-0.4, -0.2) is 41.6 Å². The molecule has 3 unspecified atom stereocenters. The van der Waals surface area contributed by atoms with Gasteiger partial charge >= 0.3 is 12.0 Å². The van der Waals surface area contributed by atoms with E-state index in [2.05, 4.69) is 16.0 Å². The maximum atomic E-state index is 11.6. The second-order valence-corrected chi connectivity index (χ2v) is 4.41. The zero-order valence-corrected chi connectivity index (χ0v) is 11.0. The molecule has 0 aromatic heterocycles. The second kappa shape index (κ2) is 6.77. The summed E-state index contributed by atoms with van der Waals surface area (Å²) >= 11 is 0. The average Bonchev–Trinajstić information content (AvgIpc) is 2.77. The average molecular weight is 269 g/mol. The summed E-state index contributed by atoms with van der Waals surface area (Å²) in [6.45, 7) is 3.87. The summed E-state index contributed by atoms with van der Waals surface area (Å²) in [6.07, 6.45) is 3.54. The molecule has 0 bridgehead atoms. The van der Waals surface area contributed by atoms with Crippen LogP contribution in [0.3, 0.4) is 0 Å². The third-order valence-corrected chi connectivity index (χ3v) is 2.81. The normalized spacial score (nSPS) is 22.6. The predicted octanol–water partition coefficient (Wildman–Crippen LogP) is -0.160. The minimum Gasteiger partial charge on any atom is -0.481 e. The Hall–Kier alpha value is -2.05. The number of carboxylic acids is 1. The lowest BCUT2D eigenvalue weighted by Gasteiger charge is -2.16. The first kappa shape index (κ1) is 15.0. The minimum atomic E-state index is -0.906. The molecule has 0 aromatic rings. The van der Waals surface area contributed by atoms with E-state index >= 15 is 0 Å². The molecule has 1 aliphatic rings. The van der Waals surface area contributed by atoms with Crippen LogP contribution in [0.4, 0.5) is 4.79 Å². The van der Waals surface area contributed by atoms with Crippen LogP contribution in [0.25, 0.3) is 0 Å². The van der Waals surface area contributed by atoms with Crippen LogP contribution >= 0.6 is 0 Å². The van der Waals surface area contributed by atoms with Gasteiger partial charge in [-0.25, -0.2) is 4.79 Å². The van der Waals surface area contributed by atoms with Crippen molar-refractivity contribution in [2.24, 2.45) is 5.92 Å². The summed E-state index contributed by atoms with van der Waals surface area (Å²) < 4.78 is 0. The highest BCUT2D eigenvalue weighted by Crippen LogP contribution is 2.17. The Balaban J connectivity index is 2.35. The van der Waals surface area contributed by atoms with E-state index in [1.54, 1.807) is 26.0 Å². The Morgan fingerprint density at radius 2 is 2.05 bits per heavy atom. The van der Waals surface area contributed by atoms with Crippen LogP contribution < -0.4 is 16.0 Å². The monoisotopic (exact) mass is 269 g/mol. The lowest BCUT2D eigenvalue weighted by molar-refractivity contribution is -0.140. The summed E-state index contributed by atoms with van der Waals surface area (Å²) in [5.41, 5.74) is 0. The summed E-state index contributed by atoms with van der Waals surface area (Å²) in [5, 5.41) is 16.5. The molecule has 0 radical (unpaired) electrons. The van der Waals surface area contributed by atoms with Gasteiger partial charge in [0, 0.05) is 6.54 Å². The number of rotatable bonds is 5. The number of aliphatic carboxylic acids is 1. The number of hydrogen-bond acceptors (Lipinski definition) is 3. The molecule has 0 aliphatic heterocycles. The van der Waals surface area contributed by atoms with Gasteiger partial charge in [0.2, 0.25) is 5.91 Å². The predicted molar refractivity (Wildman–Crippen MR) is 68.5 cm³/mol. The maximum absolute atomic E-state index is 11.6. The summed E-state index contributed by atoms with van der Waals surface area (Å²) in [4.78, 5) is 33.8. The van der Waals surface area contributed by atoms with Gasteiger partial charge in [0.05, 0.1) is 12.0 Å². The van der Waals surface area contributed by atoms with Gasteiger partial charge in [-0.2, -0.15) is 0 Å². The summed E-state index contributed by atoms with van der Waals surface area (Å²) in [6, 6.07) is -1.44. The van der Waals surface area contributed by atoms with Gasteiger partial charge in [-0.15, -0.1) is 0 Å². The van der Waals surface area contributed by atoms with Gasteiger partial charge in [-0.05, 0) is 20.3 Å². The fourth-order valence-electron chi connectivity index (χ4n) is 1.79. The highest BCUT2D eigenvalue weighted by molar-refractivity contribution is 5.86. The van der Waals surface area contributed by atoms with Crippen LogP contribution in [0.15, 0.2) is 12.2 Å². The molecule has 1 aliphatic carbocycles. The third kappa shape index (κ3) is 4.61. The molecule has 0 aromatic carbocycles. The summed E-state index contributed by atoms with van der Waals surface area (Å²) in [5.74, 6) is -1.73. The first-order valence-electron chi connectivity index (χ1n) is 6.20. The van der Waals surface area contributed by atoms with Gasteiger partial charge in [0.25, 0.3) is 0 Å². The van der Waals surface area contributed by atoms with Crippen LogP contribution in [0, 0.1) is 5.92 Å². The van der Waals surface area contributed by atoms with Crippen LogP contribution in [0.5, 0.6) is 0 Å². The van der Waals surface area contributed by atoms with Crippen molar-refractivity contribution in [3.63, 3.8) is 0 Å². The Morgan fingerprint density at radius 1 is 1.37 bits per heavy atom. The molecule has 0 saturated heterocycles. The topological polar surface area (TPSA) is 108 Å². The van der Waals surface area contributed by atoms with Crippen molar-refractivity contribution in [2.75, 3.05) is 6.54 Å². The molecule has 7 nitrogen and oxygen atoms in total. The highest BCUT2D eigenvalue weighted by Gasteiger charge is 2.26. The number of amides is 3. The van der Waals surface area contributed by atoms with E-state index < -0.39 is 24.0 Å². The van der Waals surface area contributed by atoms with Crippen LogP contribution in [-0.2, 0) is 9.59 Å².